The highest BCUT2D eigenvalue weighted by atomic mass is 16.6. The number of ether oxygens (including phenoxy) is 2. The van der Waals surface area contributed by atoms with E-state index in [-0.39, 0.29) is 25.6 Å². The molecule has 1 N–H and O–H groups in total. The van der Waals surface area contributed by atoms with E-state index in [1.54, 1.807) is 6.08 Å². The normalized spacial score (nSPS) is 14.1. The van der Waals surface area contributed by atoms with Crippen LogP contribution in [0.3, 0.4) is 0 Å². The van der Waals surface area contributed by atoms with Crippen LogP contribution in [-0.2, 0) is 20.9 Å². The van der Waals surface area contributed by atoms with E-state index in [1.165, 1.54) is 0 Å². The Morgan fingerprint density at radius 2 is 1.91 bits per heavy atom. The fraction of sp³-hybridized carbons (Fsp3) is 0.526. The second-order valence-electron chi connectivity index (χ2n) is 6.89. The number of aliphatic hydroxyl groups is 1. The Morgan fingerprint density at radius 1 is 1.26 bits per heavy atom. The quantitative estimate of drug-likeness (QED) is 0.559. The van der Waals surface area contributed by atoms with E-state index in [9.17, 15) is 9.90 Å². The summed E-state index contributed by atoms with van der Waals surface area (Å²) in [4.78, 5) is 12.1. The van der Waals surface area contributed by atoms with Gasteiger partial charge in [-0.15, -0.1) is 6.58 Å². The summed E-state index contributed by atoms with van der Waals surface area (Å²) in [5.41, 5.74) is -0.189. The van der Waals surface area contributed by atoms with Crippen LogP contribution in [0.5, 0.6) is 0 Å². The average molecular weight is 320 g/mol. The lowest BCUT2D eigenvalue weighted by molar-refractivity contribution is -0.160. The number of allylic oxidation sites excluding steroid dienone is 1. The molecule has 23 heavy (non-hydrogen) atoms. The summed E-state index contributed by atoms with van der Waals surface area (Å²) >= 11 is 0. The van der Waals surface area contributed by atoms with E-state index in [4.69, 9.17) is 9.47 Å². The van der Waals surface area contributed by atoms with Crippen LogP contribution in [0.15, 0.2) is 43.0 Å². The Hall–Kier alpha value is -1.65. The zero-order valence-corrected chi connectivity index (χ0v) is 14.4. The molecule has 1 unspecified atom stereocenters. The molecule has 0 amide bonds. The van der Waals surface area contributed by atoms with Crippen LogP contribution in [0.25, 0.3) is 0 Å². The summed E-state index contributed by atoms with van der Waals surface area (Å²) in [6.45, 7) is 9.74. The molecule has 0 saturated carbocycles. The standard InChI is InChI=1S/C19H28O4/c1-5-11-19(14-20,12-17(21)23-18(2,3)4)15-22-13-16-9-7-6-8-10-16/h5-10,20H,1,11-15H2,2-4H3. The Kier molecular flexibility index (Phi) is 7.46. The zero-order chi connectivity index (χ0) is 17.3. The number of carbonyl (C=O) groups excluding carboxylic acids is 1. The van der Waals surface area contributed by atoms with E-state index < -0.39 is 11.0 Å². The van der Waals surface area contributed by atoms with Crippen LogP contribution < -0.4 is 0 Å². The number of benzene rings is 1. The van der Waals surface area contributed by atoms with Gasteiger partial charge >= 0.3 is 5.97 Å². The van der Waals surface area contributed by atoms with E-state index >= 15 is 0 Å². The van der Waals surface area contributed by atoms with Gasteiger partial charge in [-0.2, -0.15) is 0 Å². The van der Waals surface area contributed by atoms with Crippen LogP contribution in [0.1, 0.15) is 39.2 Å². The molecule has 0 bridgehead atoms. The van der Waals surface area contributed by atoms with E-state index in [2.05, 4.69) is 6.58 Å². The Morgan fingerprint density at radius 3 is 2.43 bits per heavy atom. The highest BCUT2D eigenvalue weighted by molar-refractivity contribution is 5.70. The van der Waals surface area contributed by atoms with Gasteiger partial charge in [-0.1, -0.05) is 36.4 Å². The van der Waals surface area contributed by atoms with Gasteiger partial charge in [0.1, 0.15) is 5.60 Å². The molecule has 0 aliphatic carbocycles. The van der Waals surface area contributed by atoms with E-state index in [1.807, 2.05) is 51.1 Å². The van der Waals surface area contributed by atoms with Gasteiger partial charge in [-0.25, -0.2) is 0 Å². The molecule has 0 heterocycles. The van der Waals surface area contributed by atoms with Crippen LogP contribution in [0.2, 0.25) is 0 Å². The van der Waals surface area contributed by atoms with Gasteiger partial charge in [-0.05, 0) is 32.8 Å². The molecule has 1 atom stereocenters. The minimum atomic E-state index is -0.696. The van der Waals surface area contributed by atoms with Crippen molar-refractivity contribution in [3.8, 4) is 0 Å². The van der Waals surface area contributed by atoms with Crippen molar-refractivity contribution in [1.82, 2.24) is 0 Å². The van der Waals surface area contributed by atoms with Gasteiger partial charge < -0.3 is 14.6 Å². The maximum absolute atomic E-state index is 12.1. The fourth-order valence-corrected chi connectivity index (χ4v) is 2.30. The summed E-state index contributed by atoms with van der Waals surface area (Å²) in [5, 5.41) is 9.82. The Labute approximate surface area is 139 Å². The number of rotatable bonds is 9. The highest BCUT2D eigenvalue weighted by Gasteiger charge is 2.33. The SMILES string of the molecule is C=CCC(CO)(COCc1ccccc1)CC(=O)OC(C)(C)C. The topological polar surface area (TPSA) is 55.8 Å². The third-order valence-corrected chi connectivity index (χ3v) is 3.37. The summed E-state index contributed by atoms with van der Waals surface area (Å²) < 4.78 is 11.1. The number of hydrogen-bond donors (Lipinski definition) is 1. The molecular weight excluding hydrogens is 292 g/mol. The molecule has 0 aromatic heterocycles. The summed E-state index contributed by atoms with van der Waals surface area (Å²) in [6.07, 6.45) is 2.28. The van der Waals surface area contributed by atoms with Crippen molar-refractivity contribution in [3.05, 3.63) is 48.6 Å². The average Bonchev–Trinajstić information content (AvgIpc) is 2.46. The van der Waals surface area contributed by atoms with Crippen molar-refractivity contribution in [2.75, 3.05) is 13.2 Å². The molecule has 0 spiro atoms. The van der Waals surface area contributed by atoms with E-state index in [0.29, 0.717) is 13.0 Å². The maximum Gasteiger partial charge on any atom is 0.307 e. The largest absolute Gasteiger partial charge is 0.460 e. The van der Waals surface area contributed by atoms with Crippen LogP contribution >= 0.6 is 0 Å². The van der Waals surface area contributed by atoms with Crippen LogP contribution in [0, 0.1) is 5.41 Å². The first-order valence-electron chi connectivity index (χ1n) is 7.85. The van der Waals surface area contributed by atoms with Crippen molar-refractivity contribution in [1.29, 1.82) is 0 Å². The molecule has 0 aliphatic rings. The molecule has 1 aromatic carbocycles. The molecule has 4 heteroatoms. The van der Waals surface area contributed by atoms with Crippen molar-refractivity contribution >= 4 is 5.97 Å². The maximum atomic E-state index is 12.1. The lowest BCUT2D eigenvalue weighted by Gasteiger charge is -2.31. The lowest BCUT2D eigenvalue weighted by Crippen LogP contribution is -2.36. The molecule has 0 saturated heterocycles. The third-order valence-electron chi connectivity index (χ3n) is 3.37. The lowest BCUT2D eigenvalue weighted by atomic mass is 9.82. The first kappa shape index (κ1) is 19.4. The fourth-order valence-electron chi connectivity index (χ4n) is 2.30. The predicted octanol–water partition coefficient (Wildman–Crippen LogP) is 3.49. The number of esters is 1. The first-order valence-corrected chi connectivity index (χ1v) is 7.85. The van der Waals surface area contributed by atoms with Crippen molar-refractivity contribution < 1.29 is 19.4 Å². The monoisotopic (exact) mass is 320 g/mol. The molecule has 0 aliphatic heterocycles. The number of hydrogen-bond acceptors (Lipinski definition) is 4. The second-order valence-corrected chi connectivity index (χ2v) is 6.89. The molecule has 4 nitrogen and oxygen atoms in total. The predicted molar refractivity (Wildman–Crippen MR) is 90.9 cm³/mol. The Bertz CT molecular complexity index is 490. The summed E-state index contributed by atoms with van der Waals surface area (Å²) in [5.74, 6) is -0.336. The molecule has 1 rings (SSSR count). The van der Waals surface area contributed by atoms with Gasteiger partial charge in [0.05, 0.1) is 26.2 Å². The van der Waals surface area contributed by atoms with Crippen molar-refractivity contribution in [3.63, 3.8) is 0 Å². The highest BCUT2D eigenvalue weighted by Crippen LogP contribution is 2.29. The number of aliphatic hydroxyl groups excluding tert-OH is 1. The Balaban J connectivity index is 2.65. The van der Waals surface area contributed by atoms with Crippen molar-refractivity contribution in [2.24, 2.45) is 5.41 Å². The van der Waals surface area contributed by atoms with Crippen LogP contribution in [-0.4, -0.2) is 29.9 Å². The zero-order valence-electron chi connectivity index (χ0n) is 14.4. The molecule has 1 aromatic rings. The van der Waals surface area contributed by atoms with E-state index in [0.717, 1.165) is 5.56 Å². The smallest absolute Gasteiger partial charge is 0.307 e. The van der Waals surface area contributed by atoms with Crippen molar-refractivity contribution in [2.45, 2.75) is 45.8 Å². The molecule has 128 valence electrons. The summed E-state index contributed by atoms with van der Waals surface area (Å²) in [7, 11) is 0. The molecule has 0 radical (unpaired) electrons. The molecule has 0 fully saturated rings. The summed E-state index contributed by atoms with van der Waals surface area (Å²) in [6, 6.07) is 9.79. The minimum absolute atomic E-state index is 0.0988. The van der Waals surface area contributed by atoms with Gasteiger partial charge in [0.15, 0.2) is 0 Å². The van der Waals surface area contributed by atoms with Gasteiger partial charge in [0.25, 0.3) is 0 Å². The van der Waals surface area contributed by atoms with Gasteiger partial charge in [0, 0.05) is 5.41 Å². The van der Waals surface area contributed by atoms with Gasteiger partial charge in [-0.3, -0.25) is 4.79 Å². The number of carbonyl (C=O) groups is 1. The molecular formula is C19H28O4. The third kappa shape index (κ3) is 7.44. The second kappa shape index (κ2) is 8.85. The first-order chi connectivity index (χ1) is 10.8. The minimum Gasteiger partial charge on any atom is -0.460 e. The van der Waals surface area contributed by atoms with Gasteiger partial charge in [0.2, 0.25) is 0 Å². The van der Waals surface area contributed by atoms with Crippen LogP contribution in [0.4, 0.5) is 0 Å².